The molecule has 3 rings (SSSR count). The number of hydrogen-bond acceptors (Lipinski definition) is 7. The van der Waals surface area contributed by atoms with Gasteiger partial charge in [0, 0.05) is 61.9 Å². The lowest BCUT2D eigenvalue weighted by Crippen LogP contribution is -2.46. The molecule has 124 valence electrons. The number of aryl methyl sites for hydroxylation is 1. The Morgan fingerprint density at radius 1 is 1.22 bits per heavy atom. The molecule has 0 aliphatic carbocycles. The lowest BCUT2D eigenvalue weighted by molar-refractivity contribution is 0.246. The molecule has 0 amide bonds. The van der Waals surface area contributed by atoms with Gasteiger partial charge in [-0.3, -0.25) is 4.90 Å². The first-order valence-corrected chi connectivity index (χ1v) is 8.97. The van der Waals surface area contributed by atoms with Crippen LogP contribution < -0.4 is 4.90 Å². The predicted molar refractivity (Wildman–Crippen MR) is 93.3 cm³/mol. The van der Waals surface area contributed by atoms with Crippen LogP contribution in [0.25, 0.3) is 0 Å². The summed E-state index contributed by atoms with van der Waals surface area (Å²) in [6, 6.07) is 2.07. The van der Waals surface area contributed by atoms with E-state index in [2.05, 4.69) is 44.3 Å². The lowest BCUT2D eigenvalue weighted by atomic mass is 10.2. The Balaban J connectivity index is 1.64. The number of rotatable bonds is 4. The highest BCUT2D eigenvalue weighted by molar-refractivity contribution is 7.10. The summed E-state index contributed by atoms with van der Waals surface area (Å²) in [5, 5.41) is 4.09. The molecule has 1 aliphatic heterocycles. The largest absolute Gasteiger partial charge is 0.354 e. The van der Waals surface area contributed by atoms with Crippen LogP contribution in [0.3, 0.4) is 0 Å². The van der Waals surface area contributed by atoms with Gasteiger partial charge in [-0.1, -0.05) is 29.9 Å². The summed E-state index contributed by atoms with van der Waals surface area (Å²) < 4.78 is 4.59. The Bertz CT molecular complexity index is 666. The lowest BCUT2D eigenvalue weighted by Gasteiger charge is -2.35. The third-order valence-electron chi connectivity index (χ3n) is 3.95. The SMILES string of the molecule is Cc1cc(N2CCN(Cc3nnsc3Cl)CC2)nc(C(C)C)n1. The maximum absolute atomic E-state index is 6.09. The van der Waals surface area contributed by atoms with Gasteiger partial charge in [0.1, 0.15) is 21.7 Å². The van der Waals surface area contributed by atoms with Crippen LogP contribution in [0.15, 0.2) is 6.07 Å². The van der Waals surface area contributed by atoms with Crippen LogP contribution in [-0.4, -0.2) is 50.6 Å². The standard InChI is InChI=1S/C15H21ClN6S/c1-10(2)15-17-11(3)8-13(18-15)22-6-4-21(5-7-22)9-12-14(16)23-20-19-12/h8,10H,4-7,9H2,1-3H3. The van der Waals surface area contributed by atoms with Crippen molar-refractivity contribution in [2.75, 3.05) is 31.1 Å². The van der Waals surface area contributed by atoms with E-state index in [0.717, 1.165) is 55.8 Å². The van der Waals surface area contributed by atoms with E-state index in [4.69, 9.17) is 16.6 Å². The van der Waals surface area contributed by atoms with Gasteiger partial charge in [0.05, 0.1) is 0 Å². The number of aromatic nitrogens is 4. The summed E-state index contributed by atoms with van der Waals surface area (Å²) in [7, 11) is 0. The van der Waals surface area contributed by atoms with Crippen LogP contribution in [0.2, 0.25) is 4.34 Å². The Morgan fingerprint density at radius 3 is 2.57 bits per heavy atom. The monoisotopic (exact) mass is 352 g/mol. The van der Waals surface area contributed by atoms with Crippen molar-refractivity contribution in [3.63, 3.8) is 0 Å². The molecular formula is C15H21ClN6S. The molecule has 23 heavy (non-hydrogen) atoms. The Morgan fingerprint density at radius 2 is 1.96 bits per heavy atom. The molecule has 0 unspecified atom stereocenters. The second-order valence-electron chi connectivity index (χ2n) is 6.14. The van der Waals surface area contributed by atoms with Crippen molar-refractivity contribution in [3.8, 4) is 0 Å². The van der Waals surface area contributed by atoms with Gasteiger partial charge in [-0.2, -0.15) is 0 Å². The molecule has 3 heterocycles. The first-order valence-electron chi connectivity index (χ1n) is 7.82. The minimum atomic E-state index is 0.342. The van der Waals surface area contributed by atoms with Crippen LogP contribution in [0, 0.1) is 6.92 Å². The van der Waals surface area contributed by atoms with Crippen LogP contribution in [0.4, 0.5) is 5.82 Å². The van der Waals surface area contributed by atoms with E-state index >= 15 is 0 Å². The molecule has 0 bridgehead atoms. The van der Waals surface area contributed by atoms with E-state index in [9.17, 15) is 0 Å². The number of piperazine rings is 1. The van der Waals surface area contributed by atoms with Crippen molar-refractivity contribution in [2.45, 2.75) is 33.2 Å². The van der Waals surface area contributed by atoms with Gasteiger partial charge >= 0.3 is 0 Å². The summed E-state index contributed by atoms with van der Waals surface area (Å²) in [5.41, 5.74) is 1.91. The number of nitrogens with zero attached hydrogens (tertiary/aromatic N) is 6. The van der Waals surface area contributed by atoms with E-state index in [1.807, 2.05) is 6.92 Å². The normalized spacial score (nSPS) is 16.3. The first-order chi connectivity index (χ1) is 11.0. The zero-order valence-corrected chi connectivity index (χ0v) is 15.2. The molecule has 2 aromatic heterocycles. The smallest absolute Gasteiger partial charge is 0.138 e. The fourth-order valence-corrected chi connectivity index (χ4v) is 3.24. The molecule has 0 atom stereocenters. The summed E-state index contributed by atoms with van der Waals surface area (Å²) in [4.78, 5) is 13.9. The van der Waals surface area contributed by atoms with Gasteiger partial charge in [0.15, 0.2) is 0 Å². The second kappa shape index (κ2) is 7.07. The van der Waals surface area contributed by atoms with Crippen molar-refractivity contribution in [1.82, 2.24) is 24.5 Å². The molecule has 0 saturated carbocycles. The molecule has 0 spiro atoms. The Hall–Kier alpha value is -1.31. The Kier molecular flexibility index (Phi) is 5.08. The molecule has 8 heteroatoms. The molecule has 1 saturated heterocycles. The number of halogens is 1. The molecular weight excluding hydrogens is 332 g/mol. The van der Waals surface area contributed by atoms with Crippen molar-refractivity contribution in [2.24, 2.45) is 0 Å². The van der Waals surface area contributed by atoms with Crippen molar-refractivity contribution < 1.29 is 0 Å². The summed E-state index contributed by atoms with van der Waals surface area (Å²) in [6.07, 6.45) is 0. The quantitative estimate of drug-likeness (QED) is 0.843. The van der Waals surface area contributed by atoms with Crippen LogP contribution in [0.1, 0.15) is 37.0 Å². The summed E-state index contributed by atoms with van der Waals surface area (Å²) >= 11 is 7.33. The Labute approximate surface area is 145 Å². The van der Waals surface area contributed by atoms with E-state index in [1.54, 1.807) is 0 Å². The maximum Gasteiger partial charge on any atom is 0.138 e. The summed E-state index contributed by atoms with van der Waals surface area (Å²) in [6.45, 7) is 10.9. The molecule has 0 radical (unpaired) electrons. The highest BCUT2D eigenvalue weighted by atomic mass is 35.5. The van der Waals surface area contributed by atoms with Gasteiger partial charge in [-0.25, -0.2) is 9.97 Å². The molecule has 6 nitrogen and oxygen atoms in total. The fourth-order valence-electron chi connectivity index (χ4n) is 2.63. The highest BCUT2D eigenvalue weighted by Crippen LogP contribution is 2.21. The molecule has 0 N–H and O–H groups in total. The van der Waals surface area contributed by atoms with Gasteiger partial charge < -0.3 is 4.90 Å². The van der Waals surface area contributed by atoms with E-state index < -0.39 is 0 Å². The highest BCUT2D eigenvalue weighted by Gasteiger charge is 2.21. The molecule has 1 fully saturated rings. The van der Waals surface area contributed by atoms with E-state index in [-0.39, 0.29) is 0 Å². The average molecular weight is 353 g/mol. The number of anilines is 1. The second-order valence-corrected chi connectivity index (χ2v) is 7.49. The molecule has 1 aliphatic rings. The topological polar surface area (TPSA) is 58.0 Å². The third kappa shape index (κ3) is 3.97. The van der Waals surface area contributed by atoms with Crippen LogP contribution in [0.5, 0.6) is 0 Å². The molecule has 2 aromatic rings. The van der Waals surface area contributed by atoms with Gasteiger partial charge in [-0.15, -0.1) is 5.10 Å². The van der Waals surface area contributed by atoms with Gasteiger partial charge in [0.25, 0.3) is 0 Å². The van der Waals surface area contributed by atoms with Crippen LogP contribution in [-0.2, 0) is 6.54 Å². The van der Waals surface area contributed by atoms with E-state index in [1.165, 1.54) is 11.5 Å². The van der Waals surface area contributed by atoms with Crippen molar-refractivity contribution >= 4 is 29.0 Å². The van der Waals surface area contributed by atoms with E-state index in [0.29, 0.717) is 10.3 Å². The zero-order valence-electron chi connectivity index (χ0n) is 13.7. The third-order valence-corrected chi connectivity index (χ3v) is 4.94. The predicted octanol–water partition coefficient (Wildman–Crippen LogP) is 2.74. The maximum atomic E-state index is 6.09. The van der Waals surface area contributed by atoms with Gasteiger partial charge in [0.2, 0.25) is 0 Å². The van der Waals surface area contributed by atoms with Crippen LogP contribution >= 0.6 is 23.1 Å². The number of hydrogen-bond donors (Lipinski definition) is 0. The summed E-state index contributed by atoms with van der Waals surface area (Å²) in [5.74, 6) is 2.30. The minimum absolute atomic E-state index is 0.342. The van der Waals surface area contributed by atoms with Gasteiger partial charge in [-0.05, 0) is 6.92 Å². The first kappa shape index (κ1) is 16.5. The minimum Gasteiger partial charge on any atom is -0.354 e. The van der Waals surface area contributed by atoms with Crippen molar-refractivity contribution in [3.05, 3.63) is 27.6 Å². The molecule has 0 aromatic carbocycles. The fraction of sp³-hybridized carbons (Fsp3) is 0.600. The average Bonchev–Trinajstić information content (AvgIpc) is 2.92. The zero-order chi connectivity index (χ0) is 16.4. The van der Waals surface area contributed by atoms with Crippen molar-refractivity contribution in [1.29, 1.82) is 0 Å².